The number of thiazole rings is 2. The summed E-state index contributed by atoms with van der Waals surface area (Å²) in [6.45, 7) is 3.57. The summed E-state index contributed by atoms with van der Waals surface area (Å²) in [5.41, 5.74) is 2.41. The van der Waals surface area contributed by atoms with Gasteiger partial charge in [0.05, 0.1) is 22.3 Å². The lowest BCUT2D eigenvalue weighted by Crippen LogP contribution is -2.37. The molecule has 0 spiro atoms. The number of benzene rings is 1. The van der Waals surface area contributed by atoms with Crippen LogP contribution in [0.15, 0.2) is 46.9 Å². The third-order valence-electron chi connectivity index (χ3n) is 4.03. The first-order valence-corrected chi connectivity index (χ1v) is 10.8. The second-order valence-electron chi connectivity index (χ2n) is 6.19. The Morgan fingerprint density at radius 3 is 2.67 bits per heavy atom. The monoisotopic (exact) mass is 399 g/mol. The van der Waals surface area contributed by atoms with Gasteiger partial charge in [0.2, 0.25) is 0 Å². The Morgan fingerprint density at radius 1 is 1.07 bits per heavy atom. The van der Waals surface area contributed by atoms with Gasteiger partial charge < -0.3 is 10.6 Å². The molecule has 0 unspecified atom stereocenters. The molecule has 2 aromatic heterocycles. The zero-order valence-corrected chi connectivity index (χ0v) is 17.4. The van der Waals surface area contributed by atoms with E-state index in [1.807, 2.05) is 6.20 Å². The summed E-state index contributed by atoms with van der Waals surface area (Å²) in [5, 5.41) is 11.1. The summed E-state index contributed by atoms with van der Waals surface area (Å²) in [6, 6.07) is 10.6. The van der Waals surface area contributed by atoms with Crippen LogP contribution >= 0.6 is 22.7 Å². The Bertz CT molecular complexity index is 854. The number of hydrogen-bond acceptors (Lipinski definition) is 5. The highest BCUT2D eigenvalue weighted by Gasteiger charge is 2.05. The van der Waals surface area contributed by atoms with E-state index in [0.717, 1.165) is 42.5 Å². The summed E-state index contributed by atoms with van der Waals surface area (Å²) < 4.78 is 0. The lowest BCUT2D eigenvalue weighted by molar-refractivity contribution is 0.780. The molecule has 0 aliphatic carbocycles. The van der Waals surface area contributed by atoms with Crippen LogP contribution in [0.3, 0.4) is 0 Å². The second-order valence-corrected chi connectivity index (χ2v) is 8.45. The minimum atomic E-state index is 0.678. The number of guanidine groups is 1. The van der Waals surface area contributed by atoms with E-state index < -0.39 is 0 Å². The van der Waals surface area contributed by atoms with E-state index in [-0.39, 0.29) is 0 Å². The SMILES string of the molecule is CN=C(NCCc1ncc(C)s1)NCc1csc(CCc2ccccc2)n1. The molecule has 1 aromatic carbocycles. The molecular weight excluding hydrogens is 374 g/mol. The van der Waals surface area contributed by atoms with Crippen LogP contribution in [0.25, 0.3) is 0 Å². The summed E-state index contributed by atoms with van der Waals surface area (Å²) in [5.74, 6) is 0.794. The van der Waals surface area contributed by atoms with E-state index in [0.29, 0.717) is 6.54 Å². The number of nitrogens with one attached hydrogen (secondary N) is 2. The van der Waals surface area contributed by atoms with E-state index >= 15 is 0 Å². The lowest BCUT2D eigenvalue weighted by Gasteiger charge is -2.10. The predicted molar refractivity (Wildman–Crippen MR) is 115 cm³/mol. The summed E-state index contributed by atoms with van der Waals surface area (Å²) >= 11 is 3.47. The minimum Gasteiger partial charge on any atom is -0.356 e. The van der Waals surface area contributed by atoms with E-state index in [1.165, 1.54) is 15.4 Å². The van der Waals surface area contributed by atoms with Crippen molar-refractivity contribution >= 4 is 28.6 Å². The van der Waals surface area contributed by atoms with Gasteiger partial charge in [-0.15, -0.1) is 22.7 Å². The summed E-state index contributed by atoms with van der Waals surface area (Å²) in [4.78, 5) is 14.6. The van der Waals surface area contributed by atoms with Gasteiger partial charge in [-0.2, -0.15) is 0 Å². The number of aromatic nitrogens is 2. The minimum absolute atomic E-state index is 0.678. The van der Waals surface area contributed by atoms with Gasteiger partial charge in [-0.1, -0.05) is 30.3 Å². The highest BCUT2D eigenvalue weighted by Crippen LogP contribution is 2.13. The molecule has 0 aliphatic heterocycles. The summed E-state index contributed by atoms with van der Waals surface area (Å²) in [6.07, 6.45) is 4.83. The molecule has 2 N–H and O–H groups in total. The Labute approximate surface area is 168 Å². The van der Waals surface area contributed by atoms with Crippen molar-refractivity contribution in [2.75, 3.05) is 13.6 Å². The van der Waals surface area contributed by atoms with Crippen LogP contribution < -0.4 is 10.6 Å². The van der Waals surface area contributed by atoms with Crippen molar-refractivity contribution in [1.82, 2.24) is 20.6 Å². The van der Waals surface area contributed by atoms with Gasteiger partial charge in [-0.3, -0.25) is 4.99 Å². The summed E-state index contributed by atoms with van der Waals surface area (Å²) in [7, 11) is 1.79. The van der Waals surface area contributed by atoms with Crippen LogP contribution in [0, 0.1) is 6.92 Å². The number of hydrogen-bond donors (Lipinski definition) is 2. The van der Waals surface area contributed by atoms with Crippen LogP contribution in [0.5, 0.6) is 0 Å². The van der Waals surface area contributed by atoms with Crippen LogP contribution in [-0.2, 0) is 25.8 Å². The Kier molecular flexibility index (Phi) is 7.36. The molecule has 3 aromatic rings. The molecule has 0 saturated carbocycles. The molecule has 0 bridgehead atoms. The lowest BCUT2D eigenvalue weighted by atomic mass is 10.1. The Balaban J connectivity index is 1.40. The maximum atomic E-state index is 4.73. The molecule has 27 heavy (non-hydrogen) atoms. The highest BCUT2D eigenvalue weighted by atomic mass is 32.1. The standard InChI is InChI=1S/C20H25N5S2/c1-15-12-23-18(27-15)10-11-22-20(21-2)24-13-17-14-26-19(25-17)9-8-16-6-4-3-5-7-16/h3-7,12,14H,8-11,13H2,1-2H3,(H2,21,22,24). The van der Waals surface area contributed by atoms with Crippen LogP contribution in [-0.4, -0.2) is 29.5 Å². The quantitative estimate of drug-likeness (QED) is 0.449. The van der Waals surface area contributed by atoms with E-state index in [9.17, 15) is 0 Å². The van der Waals surface area contributed by atoms with Crippen molar-refractivity contribution in [2.24, 2.45) is 4.99 Å². The Morgan fingerprint density at radius 2 is 1.93 bits per heavy atom. The smallest absolute Gasteiger partial charge is 0.191 e. The van der Waals surface area contributed by atoms with Gasteiger partial charge in [0.25, 0.3) is 0 Å². The fourth-order valence-electron chi connectivity index (χ4n) is 2.64. The van der Waals surface area contributed by atoms with Crippen molar-refractivity contribution in [2.45, 2.75) is 32.7 Å². The highest BCUT2D eigenvalue weighted by molar-refractivity contribution is 7.11. The first-order chi connectivity index (χ1) is 13.2. The zero-order chi connectivity index (χ0) is 18.9. The molecule has 0 amide bonds. The molecule has 3 rings (SSSR count). The molecule has 0 radical (unpaired) electrons. The average molecular weight is 400 g/mol. The van der Waals surface area contributed by atoms with Crippen LogP contribution in [0.4, 0.5) is 0 Å². The number of aliphatic imine (C=N–C) groups is 1. The molecule has 0 aliphatic rings. The number of aryl methyl sites for hydroxylation is 3. The van der Waals surface area contributed by atoms with Crippen molar-refractivity contribution in [3.05, 3.63) is 68.1 Å². The molecule has 2 heterocycles. The van der Waals surface area contributed by atoms with Gasteiger partial charge in [0, 0.05) is 42.9 Å². The van der Waals surface area contributed by atoms with Crippen molar-refractivity contribution in [3.63, 3.8) is 0 Å². The molecule has 0 saturated heterocycles. The maximum absolute atomic E-state index is 4.73. The third kappa shape index (κ3) is 6.45. The second kappa shape index (κ2) is 10.2. The van der Waals surface area contributed by atoms with Gasteiger partial charge in [0.15, 0.2) is 5.96 Å². The van der Waals surface area contributed by atoms with Crippen molar-refractivity contribution < 1.29 is 0 Å². The largest absolute Gasteiger partial charge is 0.356 e. The molecule has 7 heteroatoms. The van der Waals surface area contributed by atoms with Crippen LogP contribution in [0.2, 0.25) is 0 Å². The first-order valence-electron chi connectivity index (χ1n) is 9.06. The van der Waals surface area contributed by atoms with Gasteiger partial charge in [-0.05, 0) is 18.9 Å². The Hall–Kier alpha value is -2.25. The van der Waals surface area contributed by atoms with E-state index in [2.05, 4.69) is 63.2 Å². The average Bonchev–Trinajstić information content (AvgIpc) is 3.32. The molecular formula is C20H25N5S2. The van der Waals surface area contributed by atoms with Crippen molar-refractivity contribution in [1.29, 1.82) is 0 Å². The predicted octanol–water partition coefficient (Wildman–Crippen LogP) is 3.60. The van der Waals surface area contributed by atoms with E-state index in [1.54, 1.807) is 29.7 Å². The zero-order valence-electron chi connectivity index (χ0n) is 15.7. The third-order valence-corrected chi connectivity index (χ3v) is 5.96. The molecule has 142 valence electrons. The number of nitrogens with zero attached hydrogens (tertiary/aromatic N) is 3. The molecule has 5 nitrogen and oxygen atoms in total. The fourth-order valence-corrected chi connectivity index (χ4v) is 4.23. The first kappa shape index (κ1) is 19.5. The fraction of sp³-hybridized carbons (Fsp3) is 0.350. The maximum Gasteiger partial charge on any atom is 0.191 e. The molecule has 0 atom stereocenters. The normalized spacial score (nSPS) is 11.6. The topological polar surface area (TPSA) is 62.2 Å². The molecule has 0 fully saturated rings. The van der Waals surface area contributed by atoms with Crippen LogP contribution in [0.1, 0.15) is 26.1 Å². The van der Waals surface area contributed by atoms with Gasteiger partial charge >= 0.3 is 0 Å². The van der Waals surface area contributed by atoms with Gasteiger partial charge in [-0.25, -0.2) is 9.97 Å². The van der Waals surface area contributed by atoms with Crippen molar-refractivity contribution in [3.8, 4) is 0 Å². The van der Waals surface area contributed by atoms with Gasteiger partial charge in [0.1, 0.15) is 0 Å². The van der Waals surface area contributed by atoms with E-state index in [4.69, 9.17) is 4.98 Å². The number of rotatable bonds is 8.